The predicted octanol–water partition coefficient (Wildman–Crippen LogP) is 4.05. The molecule has 0 aromatic heterocycles. The van der Waals surface area contributed by atoms with Crippen LogP contribution in [0, 0.1) is 5.82 Å². The van der Waals surface area contributed by atoms with E-state index in [2.05, 4.69) is 5.32 Å². The van der Waals surface area contributed by atoms with Crippen LogP contribution in [0.2, 0.25) is 0 Å². The highest BCUT2D eigenvalue weighted by Crippen LogP contribution is 2.24. The fourth-order valence-corrected chi connectivity index (χ4v) is 3.18. The molecule has 3 aromatic carbocycles. The second-order valence-corrected chi connectivity index (χ2v) is 7.22. The summed E-state index contributed by atoms with van der Waals surface area (Å²) >= 11 is 0. The molecule has 3 rings (SSSR count). The lowest BCUT2D eigenvalue weighted by Gasteiger charge is -2.22. The van der Waals surface area contributed by atoms with E-state index in [0.29, 0.717) is 18.9 Å². The van der Waals surface area contributed by atoms with Gasteiger partial charge in [-0.15, -0.1) is 0 Å². The van der Waals surface area contributed by atoms with Crippen LogP contribution in [0.3, 0.4) is 0 Å². The minimum absolute atomic E-state index is 0.0889. The number of likely N-dealkylation sites (N-methyl/N-ethyl adjacent to an activating group) is 1. The van der Waals surface area contributed by atoms with Crippen molar-refractivity contribution in [1.29, 1.82) is 0 Å². The van der Waals surface area contributed by atoms with E-state index in [1.54, 1.807) is 19.2 Å². The van der Waals surface area contributed by atoms with Gasteiger partial charge in [-0.3, -0.25) is 9.69 Å². The number of carbonyl (C=O) groups excluding carboxylic acids is 1. The van der Waals surface area contributed by atoms with Crippen LogP contribution >= 0.6 is 0 Å². The molecule has 6 heteroatoms. The van der Waals surface area contributed by atoms with E-state index < -0.39 is 0 Å². The minimum Gasteiger partial charge on any atom is -0.497 e. The van der Waals surface area contributed by atoms with E-state index in [0.717, 1.165) is 16.9 Å². The molecule has 0 aliphatic carbocycles. The van der Waals surface area contributed by atoms with Crippen LogP contribution in [0.1, 0.15) is 17.2 Å². The Labute approximate surface area is 182 Å². The van der Waals surface area contributed by atoms with Crippen molar-refractivity contribution in [2.24, 2.45) is 0 Å². The lowest BCUT2D eigenvalue weighted by molar-refractivity contribution is -0.122. The molecule has 0 saturated heterocycles. The number of ether oxygens (including phenoxy) is 2. The average Bonchev–Trinajstić information content (AvgIpc) is 2.79. The molecule has 0 bridgehead atoms. The van der Waals surface area contributed by atoms with Crippen molar-refractivity contribution >= 4 is 5.91 Å². The highest BCUT2D eigenvalue weighted by molar-refractivity contribution is 5.79. The van der Waals surface area contributed by atoms with E-state index >= 15 is 0 Å². The highest BCUT2D eigenvalue weighted by Gasteiger charge is 2.18. The summed E-state index contributed by atoms with van der Waals surface area (Å²) < 4.78 is 23.8. The molecule has 31 heavy (non-hydrogen) atoms. The largest absolute Gasteiger partial charge is 0.497 e. The number of hydrogen-bond donors (Lipinski definition) is 1. The molecule has 1 atom stereocenters. The van der Waals surface area contributed by atoms with Crippen LogP contribution < -0.4 is 14.8 Å². The first-order chi connectivity index (χ1) is 15.0. The first kappa shape index (κ1) is 22.3. The summed E-state index contributed by atoms with van der Waals surface area (Å²) in [5.41, 5.74) is 1.98. The van der Waals surface area contributed by atoms with Gasteiger partial charge in [0.05, 0.1) is 19.7 Å². The molecule has 0 radical (unpaired) electrons. The zero-order valence-corrected chi connectivity index (χ0v) is 17.8. The summed E-state index contributed by atoms with van der Waals surface area (Å²) in [5, 5.41) is 3.13. The van der Waals surface area contributed by atoms with Gasteiger partial charge in [0.1, 0.15) is 23.9 Å². The van der Waals surface area contributed by atoms with Gasteiger partial charge in [-0.2, -0.15) is 0 Å². The summed E-state index contributed by atoms with van der Waals surface area (Å²) in [7, 11) is 3.49. The van der Waals surface area contributed by atoms with Crippen molar-refractivity contribution in [3.8, 4) is 11.5 Å². The summed E-state index contributed by atoms with van der Waals surface area (Å²) in [5.74, 6) is 0.977. The van der Waals surface area contributed by atoms with Gasteiger partial charge in [-0.05, 0) is 54.6 Å². The molecule has 0 spiro atoms. The van der Waals surface area contributed by atoms with E-state index in [-0.39, 0.29) is 24.3 Å². The number of benzene rings is 3. The van der Waals surface area contributed by atoms with Gasteiger partial charge in [0.15, 0.2) is 0 Å². The van der Waals surface area contributed by atoms with Crippen LogP contribution in [-0.2, 0) is 4.79 Å². The second-order valence-electron chi connectivity index (χ2n) is 7.22. The Kier molecular flexibility index (Phi) is 8.01. The van der Waals surface area contributed by atoms with Crippen molar-refractivity contribution in [3.05, 3.63) is 95.8 Å². The van der Waals surface area contributed by atoms with Gasteiger partial charge < -0.3 is 14.8 Å². The molecule has 0 saturated carbocycles. The third kappa shape index (κ3) is 6.83. The zero-order valence-electron chi connectivity index (χ0n) is 17.8. The molecule has 5 nitrogen and oxygen atoms in total. The molecular weight excluding hydrogens is 395 g/mol. The fraction of sp³-hybridized carbons (Fsp3) is 0.240. The quantitative estimate of drug-likeness (QED) is 0.536. The Bertz CT molecular complexity index is 947. The molecule has 1 N–H and O–H groups in total. The Balaban J connectivity index is 1.57. The van der Waals surface area contributed by atoms with E-state index in [1.807, 2.05) is 66.5 Å². The maximum Gasteiger partial charge on any atom is 0.234 e. The maximum atomic E-state index is 13.0. The lowest BCUT2D eigenvalue weighted by Crippen LogP contribution is -2.39. The van der Waals surface area contributed by atoms with Crippen molar-refractivity contribution < 1.29 is 18.7 Å². The molecule has 0 heterocycles. The standard InChI is InChI=1S/C25H27FN2O3/c1-28(16-17-31-23-14-10-21(26)11-15-23)18-24(29)27-25(19-6-4-3-5-7-19)20-8-12-22(30-2)13-9-20/h3-15,25H,16-18H2,1-2H3,(H,27,29)/t25-/m1/s1. The first-order valence-corrected chi connectivity index (χ1v) is 10.1. The molecule has 0 aliphatic heterocycles. The first-order valence-electron chi connectivity index (χ1n) is 10.1. The smallest absolute Gasteiger partial charge is 0.234 e. The number of rotatable bonds is 10. The van der Waals surface area contributed by atoms with Gasteiger partial charge in [-0.25, -0.2) is 4.39 Å². The summed E-state index contributed by atoms with van der Waals surface area (Å²) in [6, 6.07) is 23.2. The highest BCUT2D eigenvalue weighted by atomic mass is 19.1. The molecule has 0 aliphatic rings. The van der Waals surface area contributed by atoms with Crippen LogP contribution in [-0.4, -0.2) is 44.7 Å². The second kappa shape index (κ2) is 11.1. The van der Waals surface area contributed by atoms with Crippen LogP contribution in [0.15, 0.2) is 78.9 Å². The van der Waals surface area contributed by atoms with Crippen LogP contribution in [0.25, 0.3) is 0 Å². The van der Waals surface area contributed by atoms with E-state index in [1.165, 1.54) is 12.1 Å². The molecule has 1 amide bonds. The van der Waals surface area contributed by atoms with Crippen molar-refractivity contribution in [2.45, 2.75) is 6.04 Å². The summed E-state index contributed by atoms with van der Waals surface area (Å²) in [6.45, 7) is 1.19. The monoisotopic (exact) mass is 422 g/mol. The van der Waals surface area contributed by atoms with Gasteiger partial charge in [0, 0.05) is 6.54 Å². The number of nitrogens with one attached hydrogen (secondary N) is 1. The van der Waals surface area contributed by atoms with Gasteiger partial charge >= 0.3 is 0 Å². The fourth-order valence-electron chi connectivity index (χ4n) is 3.18. The normalized spacial score (nSPS) is 11.7. The van der Waals surface area contributed by atoms with Crippen molar-refractivity contribution in [3.63, 3.8) is 0 Å². The van der Waals surface area contributed by atoms with Gasteiger partial charge in [0.2, 0.25) is 5.91 Å². The average molecular weight is 422 g/mol. The zero-order chi connectivity index (χ0) is 22.1. The molecule has 162 valence electrons. The lowest BCUT2D eigenvalue weighted by atomic mass is 9.98. The SMILES string of the molecule is COc1ccc([C@H](NC(=O)CN(C)CCOc2ccc(F)cc2)c2ccccc2)cc1. The third-order valence-corrected chi connectivity index (χ3v) is 4.86. The molecule has 0 fully saturated rings. The molecule has 3 aromatic rings. The van der Waals surface area contributed by atoms with Crippen molar-refractivity contribution in [1.82, 2.24) is 10.2 Å². The summed E-state index contributed by atoms with van der Waals surface area (Å²) in [6.07, 6.45) is 0. The Morgan fingerprint density at radius 1 is 0.935 bits per heavy atom. The van der Waals surface area contributed by atoms with Gasteiger partial charge in [-0.1, -0.05) is 42.5 Å². The van der Waals surface area contributed by atoms with Crippen LogP contribution in [0.4, 0.5) is 4.39 Å². The molecular formula is C25H27FN2O3. The van der Waals surface area contributed by atoms with Crippen LogP contribution in [0.5, 0.6) is 11.5 Å². The van der Waals surface area contributed by atoms with Gasteiger partial charge in [0.25, 0.3) is 0 Å². The predicted molar refractivity (Wildman–Crippen MR) is 119 cm³/mol. The summed E-state index contributed by atoms with van der Waals surface area (Å²) in [4.78, 5) is 14.6. The number of carbonyl (C=O) groups is 1. The van der Waals surface area contributed by atoms with Crippen molar-refractivity contribution in [2.75, 3.05) is 33.9 Å². The third-order valence-electron chi connectivity index (χ3n) is 4.86. The maximum absolute atomic E-state index is 13.0. The number of halogens is 1. The Hall–Kier alpha value is -3.38. The number of nitrogens with zero attached hydrogens (tertiary/aromatic N) is 1. The van der Waals surface area contributed by atoms with E-state index in [9.17, 15) is 9.18 Å². The topological polar surface area (TPSA) is 50.8 Å². The van der Waals surface area contributed by atoms with E-state index in [4.69, 9.17) is 9.47 Å². The Morgan fingerprint density at radius 2 is 1.55 bits per heavy atom. The number of hydrogen-bond acceptors (Lipinski definition) is 4. The Morgan fingerprint density at radius 3 is 2.19 bits per heavy atom. The minimum atomic E-state index is -0.300. The number of methoxy groups -OCH3 is 1. The molecule has 0 unspecified atom stereocenters. The number of amides is 1.